The number of rotatable bonds is 2. The number of hydrogen-bond acceptors (Lipinski definition) is 9. The highest BCUT2D eigenvalue weighted by molar-refractivity contribution is 7.23. The molecule has 50 heavy (non-hydrogen) atoms. The van der Waals surface area contributed by atoms with Gasteiger partial charge in [-0.05, 0) is 61.4 Å². The number of ketones is 2. The summed E-state index contributed by atoms with van der Waals surface area (Å²) in [6, 6.07) is 6.38. The molecule has 9 nitrogen and oxygen atoms in total. The third-order valence-electron chi connectivity index (χ3n) is 8.01. The van der Waals surface area contributed by atoms with E-state index in [9.17, 15) is 37.7 Å². The number of hydrogen-bond donors (Lipinski definition) is 0. The molecule has 0 spiro atoms. The molecule has 3 heterocycles. The molecule has 0 saturated heterocycles. The summed E-state index contributed by atoms with van der Waals surface area (Å²) in [7, 11) is 0. The largest absolute Gasteiger partial charge is 0.464 e. The topological polar surface area (TPSA) is 125 Å². The van der Waals surface area contributed by atoms with Crippen molar-refractivity contribution in [2.75, 3.05) is 0 Å². The lowest BCUT2D eigenvalue weighted by molar-refractivity contribution is 0.0960. The Kier molecular flexibility index (Phi) is 7.23. The molecular formula is C35H12F4N6O3S2. The zero-order valence-electron chi connectivity index (χ0n) is 25.2. The van der Waals surface area contributed by atoms with Crippen molar-refractivity contribution < 1.29 is 31.9 Å². The summed E-state index contributed by atoms with van der Waals surface area (Å²) in [5.74, 6) is -6.39. The van der Waals surface area contributed by atoms with Gasteiger partial charge in [0, 0.05) is 33.4 Å². The number of carbonyl (C=O) groups is 2. The molecule has 2 aliphatic carbocycles. The highest BCUT2D eigenvalue weighted by atomic mass is 32.1. The monoisotopic (exact) mass is 704 g/mol. The molecule has 1 aliphatic heterocycles. The Balaban J connectivity index is 1.36. The number of allylic oxidation sites excluding steroid dienone is 6. The number of benzene rings is 2. The Hall–Kier alpha value is -6.52. The van der Waals surface area contributed by atoms with Gasteiger partial charge in [-0.15, -0.1) is 22.7 Å². The summed E-state index contributed by atoms with van der Waals surface area (Å²) in [4.78, 5) is 43.4. The summed E-state index contributed by atoms with van der Waals surface area (Å²) in [5.41, 5.74) is -2.94. The predicted molar refractivity (Wildman–Crippen MR) is 172 cm³/mol. The zero-order chi connectivity index (χ0) is 35.8. The fourth-order valence-corrected chi connectivity index (χ4v) is 8.06. The molecule has 15 heteroatoms. The zero-order valence-corrected chi connectivity index (χ0v) is 26.8. The first-order chi connectivity index (χ1) is 23.8. The molecule has 0 N–H and O–H groups in total. The van der Waals surface area contributed by atoms with Crippen molar-refractivity contribution in [2.45, 2.75) is 19.4 Å². The second-order valence-corrected chi connectivity index (χ2v) is 13.4. The molecule has 0 bridgehead atoms. The van der Waals surface area contributed by atoms with Crippen LogP contribution in [0, 0.1) is 59.1 Å². The van der Waals surface area contributed by atoms with Gasteiger partial charge in [0.1, 0.15) is 26.2 Å². The van der Waals surface area contributed by atoms with Crippen LogP contribution >= 0.6 is 22.7 Å². The van der Waals surface area contributed by atoms with E-state index in [2.05, 4.69) is 19.7 Å². The molecule has 0 amide bonds. The van der Waals surface area contributed by atoms with Crippen molar-refractivity contribution in [2.24, 2.45) is 0 Å². The van der Waals surface area contributed by atoms with Gasteiger partial charge < -0.3 is 4.74 Å². The summed E-state index contributed by atoms with van der Waals surface area (Å²) in [5, 5.41) is 19.7. The maximum atomic E-state index is 14.2. The van der Waals surface area contributed by atoms with Crippen LogP contribution < -0.4 is 4.74 Å². The molecule has 3 aliphatic rings. The van der Waals surface area contributed by atoms with E-state index in [1.807, 2.05) is 0 Å². The first-order valence-electron chi connectivity index (χ1n) is 14.1. The number of ether oxygens (including phenoxy) is 1. The van der Waals surface area contributed by atoms with Gasteiger partial charge in [-0.25, -0.2) is 47.7 Å². The van der Waals surface area contributed by atoms with Gasteiger partial charge >= 0.3 is 0 Å². The molecular weight excluding hydrogens is 693 g/mol. The van der Waals surface area contributed by atoms with Crippen LogP contribution in [0.25, 0.3) is 42.7 Å². The van der Waals surface area contributed by atoms with Crippen molar-refractivity contribution in [1.82, 2.24) is 9.97 Å². The van der Waals surface area contributed by atoms with Crippen molar-refractivity contribution in [3.8, 4) is 27.8 Å². The van der Waals surface area contributed by atoms with Gasteiger partial charge in [0.25, 0.3) is 11.4 Å². The van der Waals surface area contributed by atoms with Crippen LogP contribution in [0.4, 0.5) is 17.6 Å². The van der Waals surface area contributed by atoms with E-state index in [1.165, 1.54) is 12.2 Å². The summed E-state index contributed by atoms with van der Waals surface area (Å²) in [6.07, 6.45) is 2.63. The molecule has 0 unspecified atom stereocenters. The van der Waals surface area contributed by atoms with Crippen LogP contribution in [-0.2, 0) is 5.60 Å². The van der Waals surface area contributed by atoms with Crippen LogP contribution in [0.3, 0.4) is 0 Å². The van der Waals surface area contributed by atoms with E-state index in [4.69, 9.17) is 17.9 Å². The Morgan fingerprint density at radius 3 is 1.62 bits per heavy atom. The maximum Gasteiger partial charge on any atom is 0.270 e. The van der Waals surface area contributed by atoms with Gasteiger partial charge in [-0.2, -0.15) is 0 Å². The minimum Gasteiger partial charge on any atom is -0.464 e. The van der Waals surface area contributed by atoms with E-state index in [0.29, 0.717) is 21.5 Å². The summed E-state index contributed by atoms with van der Waals surface area (Å²) in [6.45, 7) is 18.3. The van der Waals surface area contributed by atoms with Crippen LogP contribution in [0.2, 0.25) is 0 Å². The van der Waals surface area contributed by atoms with Crippen molar-refractivity contribution in [1.29, 1.82) is 10.5 Å². The quantitative estimate of drug-likeness (QED) is 0.0889. The molecule has 2 aromatic heterocycles. The van der Waals surface area contributed by atoms with Crippen LogP contribution in [-0.4, -0.2) is 21.5 Å². The standard InChI is InChI=1S/C35H12F4N6O3S2/c1-35(2)33-31(49-25(44-33)9-17-27(23(11-40)42-3)13-5-19(36)21(38)7-15(13)29(17)46)32-34(48-35)45-26(50-32)10-18-28(24(12-41)43-4)14-6-20(37)22(39)8-16(14)30(18)47/h5-10H,1-2H3/b17-9-,18-10-,27-23+,28-24?. The van der Waals surface area contributed by atoms with E-state index in [1.54, 1.807) is 26.0 Å². The molecule has 0 fully saturated rings. The van der Waals surface area contributed by atoms with Gasteiger partial charge in [0.15, 0.2) is 34.8 Å². The normalized spacial score (nSPS) is 18.7. The molecule has 7 rings (SSSR count). The van der Waals surface area contributed by atoms with Crippen LogP contribution in [0.5, 0.6) is 5.88 Å². The molecule has 0 atom stereocenters. The Labute approximate surface area is 287 Å². The molecule has 0 saturated carbocycles. The molecule has 4 aromatic rings. The van der Waals surface area contributed by atoms with Crippen molar-refractivity contribution in [3.05, 3.63) is 131 Å². The second-order valence-electron chi connectivity index (χ2n) is 11.3. The lowest BCUT2D eigenvalue weighted by atomic mass is 10.0. The Bertz CT molecular complexity index is 2600. The summed E-state index contributed by atoms with van der Waals surface area (Å²) < 4.78 is 62.8. The van der Waals surface area contributed by atoms with Crippen LogP contribution in [0.1, 0.15) is 61.4 Å². The number of Topliss-reactive ketones (excluding diaryl/α,β-unsaturated/α-hetero) is 2. The third-order valence-corrected chi connectivity index (χ3v) is 10.2. The fraction of sp³-hybridized carbons (Fsp3) is 0.0857. The smallest absolute Gasteiger partial charge is 0.270 e. The van der Waals surface area contributed by atoms with Gasteiger partial charge in [0.2, 0.25) is 5.88 Å². The highest BCUT2D eigenvalue weighted by Gasteiger charge is 2.40. The number of nitrogens with zero attached hydrogens (tertiary/aromatic N) is 6. The number of fused-ring (bicyclic) bond motifs is 5. The lowest BCUT2D eigenvalue weighted by Crippen LogP contribution is -2.29. The van der Waals surface area contributed by atoms with E-state index < -0.39 is 51.8 Å². The van der Waals surface area contributed by atoms with Crippen molar-refractivity contribution in [3.63, 3.8) is 0 Å². The second kappa shape index (κ2) is 11.3. The third kappa shape index (κ3) is 4.68. The highest BCUT2D eigenvalue weighted by Crippen LogP contribution is 2.52. The number of aromatic nitrogens is 2. The van der Waals surface area contributed by atoms with Gasteiger partial charge in [-0.1, -0.05) is 0 Å². The summed E-state index contributed by atoms with van der Waals surface area (Å²) >= 11 is 2.16. The number of carbonyl (C=O) groups excluding carboxylic acids is 2. The minimum absolute atomic E-state index is 0.0969. The fourth-order valence-electron chi connectivity index (χ4n) is 5.84. The Morgan fingerprint density at radius 2 is 1.18 bits per heavy atom. The number of thiazole rings is 2. The van der Waals surface area contributed by atoms with E-state index in [-0.39, 0.29) is 60.4 Å². The maximum absolute atomic E-state index is 14.2. The lowest BCUT2D eigenvalue weighted by Gasteiger charge is -2.28. The molecule has 240 valence electrons. The first-order valence-corrected chi connectivity index (χ1v) is 15.7. The average Bonchev–Trinajstić information content (AvgIpc) is 3.81. The Morgan fingerprint density at radius 1 is 0.760 bits per heavy atom. The van der Waals surface area contributed by atoms with E-state index in [0.717, 1.165) is 40.9 Å². The van der Waals surface area contributed by atoms with Crippen LogP contribution in [0.15, 0.2) is 46.8 Å². The molecule has 0 radical (unpaired) electrons. The average molecular weight is 705 g/mol. The molecule has 2 aromatic carbocycles. The van der Waals surface area contributed by atoms with E-state index >= 15 is 0 Å². The number of halogens is 4. The first kappa shape index (κ1) is 32.0. The van der Waals surface area contributed by atoms with Gasteiger partial charge in [-0.3, -0.25) is 9.59 Å². The minimum atomic E-state index is -1.27. The predicted octanol–water partition coefficient (Wildman–Crippen LogP) is 8.32. The number of nitriles is 2. The van der Waals surface area contributed by atoms with Gasteiger partial charge in [0.05, 0.1) is 30.2 Å². The van der Waals surface area contributed by atoms with Crippen molar-refractivity contribution >= 4 is 57.5 Å². The SMILES string of the molecule is [C-]#[N+]C(C#N)=C1/C(=C/c2nc3c(s2)-c2sc(/C=C4\C(=O)c5cc(F)c(F)cc5\C4=C(\C#N)[N+]#[C-])nc2C(C)(C)O3)C(=O)c2cc(F)c(F)cc21.